The van der Waals surface area contributed by atoms with E-state index in [1.54, 1.807) is 12.1 Å². The van der Waals surface area contributed by atoms with Crippen molar-refractivity contribution in [1.29, 1.82) is 0 Å². The van der Waals surface area contributed by atoms with Crippen molar-refractivity contribution >= 4 is 29.1 Å². The van der Waals surface area contributed by atoms with Gasteiger partial charge in [-0.3, -0.25) is 24.5 Å². The molecule has 3 aromatic carbocycles. The number of imide groups is 1. The average Bonchev–Trinajstić information content (AvgIpc) is 3.02. The number of nitro groups is 1. The van der Waals surface area contributed by atoms with E-state index >= 15 is 0 Å². The molecule has 0 saturated heterocycles. The van der Waals surface area contributed by atoms with E-state index in [1.165, 1.54) is 24.3 Å². The van der Waals surface area contributed by atoms with Crippen molar-refractivity contribution in [2.24, 2.45) is 0 Å². The Labute approximate surface area is 170 Å². The smallest absolute Gasteiger partial charge is 0.270 e. The summed E-state index contributed by atoms with van der Waals surface area (Å²) >= 11 is 0. The molecule has 0 atom stereocenters. The molecule has 1 aliphatic heterocycles. The number of nitro benzene ring substituents is 1. The van der Waals surface area contributed by atoms with Crippen LogP contribution in [0.1, 0.15) is 36.6 Å². The molecular weight excluding hydrogens is 386 g/mol. The van der Waals surface area contributed by atoms with Crippen molar-refractivity contribution in [1.82, 2.24) is 5.32 Å². The summed E-state index contributed by atoms with van der Waals surface area (Å²) in [5.74, 6) is -1.61. The molecule has 1 heterocycles. The lowest BCUT2D eigenvalue weighted by Gasteiger charge is -2.15. The Bertz CT molecular complexity index is 1190. The monoisotopic (exact) mass is 401 g/mol. The van der Waals surface area contributed by atoms with Gasteiger partial charge < -0.3 is 5.32 Å². The molecule has 30 heavy (non-hydrogen) atoms. The van der Waals surface area contributed by atoms with Crippen molar-refractivity contribution in [3.8, 4) is 0 Å². The molecule has 0 aliphatic carbocycles. The first kappa shape index (κ1) is 19.0. The summed E-state index contributed by atoms with van der Waals surface area (Å²) in [7, 11) is 0. The highest BCUT2D eigenvalue weighted by Crippen LogP contribution is 2.31. The normalized spacial score (nSPS) is 12.6. The van der Waals surface area contributed by atoms with Crippen molar-refractivity contribution in [3.63, 3.8) is 0 Å². The van der Waals surface area contributed by atoms with Crippen LogP contribution in [0.3, 0.4) is 0 Å². The molecule has 3 aromatic rings. The van der Waals surface area contributed by atoms with Crippen molar-refractivity contribution in [3.05, 3.63) is 105 Å². The fourth-order valence-corrected chi connectivity index (χ4v) is 3.24. The summed E-state index contributed by atoms with van der Waals surface area (Å²) in [5, 5.41) is 13.8. The molecule has 0 unspecified atom stereocenters. The Hall–Kier alpha value is -4.33. The highest BCUT2D eigenvalue weighted by Gasteiger charge is 2.38. The maximum atomic E-state index is 12.8. The number of non-ortho nitro benzene ring substituents is 1. The van der Waals surface area contributed by atoms with Gasteiger partial charge in [-0.15, -0.1) is 0 Å². The van der Waals surface area contributed by atoms with E-state index < -0.39 is 16.7 Å². The molecule has 0 fully saturated rings. The Balaban J connectivity index is 1.57. The number of fused-ring (bicyclic) bond motifs is 1. The van der Waals surface area contributed by atoms with Crippen LogP contribution in [0.15, 0.2) is 72.8 Å². The lowest BCUT2D eigenvalue weighted by Crippen LogP contribution is -2.30. The Morgan fingerprint density at radius 2 is 1.63 bits per heavy atom. The van der Waals surface area contributed by atoms with E-state index in [-0.39, 0.29) is 34.0 Å². The Kier molecular flexibility index (Phi) is 4.81. The zero-order chi connectivity index (χ0) is 21.3. The van der Waals surface area contributed by atoms with Crippen LogP contribution in [-0.4, -0.2) is 22.6 Å². The van der Waals surface area contributed by atoms with Gasteiger partial charge in [0.1, 0.15) is 0 Å². The number of carbonyl (C=O) groups is 3. The largest absolute Gasteiger partial charge is 0.348 e. The second-order valence-electron chi connectivity index (χ2n) is 6.65. The van der Waals surface area contributed by atoms with Crippen molar-refractivity contribution < 1.29 is 19.3 Å². The van der Waals surface area contributed by atoms with E-state index in [0.29, 0.717) is 6.54 Å². The highest BCUT2D eigenvalue weighted by atomic mass is 16.6. The molecule has 8 nitrogen and oxygen atoms in total. The number of benzene rings is 3. The molecule has 4 rings (SSSR count). The summed E-state index contributed by atoms with van der Waals surface area (Å²) in [6.45, 7) is 0.334. The number of nitrogens with one attached hydrogen (secondary N) is 1. The molecule has 8 heteroatoms. The Morgan fingerprint density at radius 3 is 2.37 bits per heavy atom. The average molecular weight is 401 g/mol. The zero-order valence-corrected chi connectivity index (χ0v) is 15.6. The SMILES string of the molecule is O=C(NCc1ccccc1)c1cccc(N2C(=O)c3ccc([N+](=O)[O-])cc3C2=O)c1. The summed E-state index contributed by atoms with van der Waals surface area (Å²) in [6.07, 6.45) is 0. The van der Waals surface area contributed by atoms with Gasteiger partial charge in [-0.2, -0.15) is 0 Å². The fraction of sp³-hybridized carbons (Fsp3) is 0.0455. The van der Waals surface area contributed by atoms with Crippen molar-refractivity contribution in [2.75, 3.05) is 4.90 Å². The molecule has 3 amide bonds. The molecule has 0 bridgehead atoms. The third-order valence-corrected chi connectivity index (χ3v) is 4.74. The van der Waals surface area contributed by atoms with Gasteiger partial charge in [-0.1, -0.05) is 36.4 Å². The minimum atomic E-state index is -0.666. The van der Waals surface area contributed by atoms with Crippen LogP contribution < -0.4 is 10.2 Å². The lowest BCUT2D eigenvalue weighted by molar-refractivity contribution is -0.384. The standard InChI is InChI=1S/C22H15N3O5/c26-20(23-13-14-5-2-1-3-6-14)15-7-4-8-16(11-15)24-21(27)18-10-9-17(25(29)30)12-19(18)22(24)28/h1-12H,13H2,(H,23,26). The number of nitrogens with zero attached hydrogens (tertiary/aromatic N) is 2. The predicted octanol–water partition coefficient (Wildman–Crippen LogP) is 3.33. The number of hydrogen-bond acceptors (Lipinski definition) is 5. The van der Waals surface area contributed by atoms with Gasteiger partial charge in [0.05, 0.1) is 21.7 Å². The first-order valence-corrected chi connectivity index (χ1v) is 9.05. The van der Waals surface area contributed by atoms with Gasteiger partial charge in [0.15, 0.2) is 0 Å². The van der Waals surface area contributed by atoms with Crippen LogP contribution in [0.5, 0.6) is 0 Å². The third kappa shape index (κ3) is 3.42. The quantitative estimate of drug-likeness (QED) is 0.401. The lowest BCUT2D eigenvalue weighted by atomic mass is 10.1. The fourth-order valence-electron chi connectivity index (χ4n) is 3.24. The van der Waals surface area contributed by atoms with E-state index in [4.69, 9.17) is 0 Å². The third-order valence-electron chi connectivity index (χ3n) is 4.74. The minimum absolute atomic E-state index is 0.0341. The molecule has 0 aromatic heterocycles. The second-order valence-corrected chi connectivity index (χ2v) is 6.65. The molecule has 0 radical (unpaired) electrons. The maximum absolute atomic E-state index is 12.8. The van der Waals surface area contributed by atoms with Crippen LogP contribution in [0, 0.1) is 10.1 Å². The van der Waals surface area contributed by atoms with Crippen molar-refractivity contribution in [2.45, 2.75) is 6.54 Å². The van der Waals surface area contributed by atoms with Gasteiger partial charge in [-0.25, -0.2) is 4.90 Å². The molecule has 0 saturated carbocycles. The minimum Gasteiger partial charge on any atom is -0.348 e. The van der Waals surface area contributed by atoms with Crippen LogP contribution in [0.4, 0.5) is 11.4 Å². The van der Waals surface area contributed by atoms with Crippen LogP contribution in [0.2, 0.25) is 0 Å². The van der Waals surface area contributed by atoms with Crippen LogP contribution in [0.25, 0.3) is 0 Å². The molecule has 1 aliphatic rings. The first-order valence-electron chi connectivity index (χ1n) is 9.05. The maximum Gasteiger partial charge on any atom is 0.270 e. The predicted molar refractivity (Wildman–Crippen MR) is 108 cm³/mol. The number of rotatable bonds is 5. The summed E-state index contributed by atoms with van der Waals surface area (Å²) in [4.78, 5) is 49.3. The van der Waals surface area contributed by atoms with Gasteiger partial charge in [0.25, 0.3) is 23.4 Å². The second kappa shape index (κ2) is 7.59. The number of amides is 3. The number of hydrogen-bond donors (Lipinski definition) is 1. The number of carbonyl (C=O) groups excluding carboxylic acids is 3. The molecule has 148 valence electrons. The van der Waals surface area contributed by atoms with Gasteiger partial charge in [0, 0.05) is 24.2 Å². The van der Waals surface area contributed by atoms with Crippen LogP contribution >= 0.6 is 0 Å². The molecule has 1 N–H and O–H groups in total. The van der Waals surface area contributed by atoms with E-state index in [0.717, 1.165) is 16.5 Å². The summed E-state index contributed by atoms with van der Waals surface area (Å²) in [5.41, 5.74) is 1.22. The number of anilines is 1. The summed E-state index contributed by atoms with van der Waals surface area (Å²) < 4.78 is 0. The highest BCUT2D eigenvalue weighted by molar-refractivity contribution is 6.34. The van der Waals surface area contributed by atoms with E-state index in [9.17, 15) is 24.5 Å². The Morgan fingerprint density at radius 1 is 0.900 bits per heavy atom. The van der Waals surface area contributed by atoms with Gasteiger partial charge >= 0.3 is 0 Å². The first-order chi connectivity index (χ1) is 14.5. The van der Waals surface area contributed by atoms with E-state index in [2.05, 4.69) is 5.32 Å². The zero-order valence-electron chi connectivity index (χ0n) is 15.6. The van der Waals surface area contributed by atoms with E-state index in [1.807, 2.05) is 30.3 Å². The van der Waals surface area contributed by atoms with Crippen LogP contribution in [-0.2, 0) is 6.54 Å². The molecule has 0 spiro atoms. The summed E-state index contributed by atoms with van der Waals surface area (Å²) in [6, 6.07) is 19.0. The van der Waals surface area contributed by atoms with Gasteiger partial charge in [-0.05, 0) is 29.8 Å². The topological polar surface area (TPSA) is 110 Å². The molecular formula is C22H15N3O5. The van der Waals surface area contributed by atoms with Gasteiger partial charge in [0.2, 0.25) is 0 Å².